The Morgan fingerprint density at radius 1 is 1.45 bits per heavy atom. The maximum Gasteiger partial charge on any atom is 0.238 e. The Morgan fingerprint density at radius 2 is 2.25 bits per heavy atom. The molecule has 1 aromatic rings. The Bertz CT molecular complexity index is 502. The van der Waals surface area contributed by atoms with Gasteiger partial charge in [0, 0.05) is 36.9 Å². The first-order valence-electron chi connectivity index (χ1n) is 6.92. The molecule has 20 heavy (non-hydrogen) atoms. The van der Waals surface area contributed by atoms with Crippen molar-refractivity contribution in [3.63, 3.8) is 0 Å². The molecule has 1 aromatic carbocycles. The Hall–Kier alpha value is -1.72. The van der Waals surface area contributed by atoms with Crippen LogP contribution in [0.2, 0.25) is 0 Å². The predicted octanol–water partition coefficient (Wildman–Crippen LogP) is 1.12. The zero-order chi connectivity index (χ0) is 14.5. The maximum absolute atomic E-state index is 12.0. The van der Waals surface area contributed by atoms with Crippen LogP contribution in [-0.4, -0.2) is 48.8 Å². The van der Waals surface area contributed by atoms with Crippen LogP contribution in [0.3, 0.4) is 0 Å². The lowest BCUT2D eigenvalue weighted by Gasteiger charge is -2.33. The van der Waals surface area contributed by atoms with Crippen LogP contribution in [0, 0.1) is 0 Å². The largest absolute Gasteiger partial charge is 0.325 e. The Balaban J connectivity index is 1.94. The first-order chi connectivity index (χ1) is 9.56. The molecule has 5 heteroatoms. The number of nitrogens with zero attached hydrogens (tertiary/aromatic N) is 1. The van der Waals surface area contributed by atoms with E-state index >= 15 is 0 Å². The molecule has 0 bridgehead atoms. The molecule has 5 nitrogen and oxygen atoms in total. The lowest BCUT2D eigenvalue weighted by atomic mass is 10.1. The minimum absolute atomic E-state index is 0.00294. The molecule has 1 saturated heterocycles. The molecule has 0 aromatic heterocycles. The summed E-state index contributed by atoms with van der Waals surface area (Å²) in [6.07, 6.45) is 0. The molecule has 1 atom stereocenters. The van der Waals surface area contributed by atoms with Crippen molar-refractivity contribution in [3.8, 4) is 0 Å². The molecule has 2 N–H and O–H groups in total. The van der Waals surface area contributed by atoms with Crippen LogP contribution in [0.1, 0.15) is 24.2 Å². The van der Waals surface area contributed by atoms with Crippen molar-refractivity contribution in [3.05, 3.63) is 29.8 Å². The van der Waals surface area contributed by atoms with Gasteiger partial charge in [0.2, 0.25) is 5.91 Å². The van der Waals surface area contributed by atoms with Crippen molar-refractivity contribution in [2.24, 2.45) is 0 Å². The molecule has 1 amide bonds. The van der Waals surface area contributed by atoms with E-state index in [1.54, 1.807) is 24.3 Å². The quantitative estimate of drug-likeness (QED) is 0.808. The van der Waals surface area contributed by atoms with Gasteiger partial charge in [-0.15, -0.1) is 0 Å². The van der Waals surface area contributed by atoms with Crippen LogP contribution in [0.5, 0.6) is 0 Å². The number of carbonyl (C=O) groups excluding carboxylic acids is 2. The van der Waals surface area contributed by atoms with E-state index in [9.17, 15) is 9.59 Å². The van der Waals surface area contributed by atoms with E-state index in [0.717, 1.165) is 19.6 Å². The number of benzene rings is 1. The van der Waals surface area contributed by atoms with E-state index in [1.165, 1.54) is 6.92 Å². The van der Waals surface area contributed by atoms with Gasteiger partial charge >= 0.3 is 0 Å². The second kappa shape index (κ2) is 6.63. The van der Waals surface area contributed by atoms with Crippen molar-refractivity contribution in [2.75, 3.05) is 31.5 Å². The van der Waals surface area contributed by atoms with Crippen molar-refractivity contribution < 1.29 is 9.59 Å². The van der Waals surface area contributed by atoms with Crippen molar-refractivity contribution >= 4 is 17.4 Å². The molecular weight excluding hydrogens is 254 g/mol. The molecule has 0 saturated carbocycles. The number of carbonyl (C=O) groups is 2. The average molecular weight is 275 g/mol. The SMILES string of the molecule is CC(=O)c1cccc(NC(=O)CN2CCNCC2C)c1. The van der Waals surface area contributed by atoms with Crippen molar-refractivity contribution in [1.29, 1.82) is 0 Å². The Kier molecular flexibility index (Phi) is 4.87. The van der Waals surface area contributed by atoms with E-state index in [4.69, 9.17) is 0 Å². The zero-order valence-electron chi connectivity index (χ0n) is 12.0. The van der Waals surface area contributed by atoms with E-state index in [2.05, 4.69) is 22.5 Å². The number of hydrogen-bond acceptors (Lipinski definition) is 4. The van der Waals surface area contributed by atoms with Gasteiger partial charge in [-0.25, -0.2) is 0 Å². The fourth-order valence-corrected chi connectivity index (χ4v) is 2.32. The molecule has 1 unspecified atom stereocenters. The average Bonchev–Trinajstić information content (AvgIpc) is 2.41. The van der Waals surface area contributed by atoms with Gasteiger partial charge in [-0.2, -0.15) is 0 Å². The van der Waals surface area contributed by atoms with Gasteiger partial charge in [0.25, 0.3) is 0 Å². The minimum Gasteiger partial charge on any atom is -0.325 e. The summed E-state index contributed by atoms with van der Waals surface area (Å²) in [5, 5.41) is 6.15. The van der Waals surface area contributed by atoms with Crippen LogP contribution in [0.15, 0.2) is 24.3 Å². The highest BCUT2D eigenvalue weighted by atomic mass is 16.2. The van der Waals surface area contributed by atoms with Crippen LogP contribution in [-0.2, 0) is 4.79 Å². The molecule has 0 radical (unpaired) electrons. The van der Waals surface area contributed by atoms with Crippen LogP contribution < -0.4 is 10.6 Å². The highest BCUT2D eigenvalue weighted by Gasteiger charge is 2.20. The van der Waals surface area contributed by atoms with E-state index < -0.39 is 0 Å². The topological polar surface area (TPSA) is 61.4 Å². The third kappa shape index (κ3) is 3.88. The molecule has 0 spiro atoms. The lowest BCUT2D eigenvalue weighted by molar-refractivity contribution is -0.118. The van der Waals surface area contributed by atoms with Gasteiger partial charge in [-0.05, 0) is 26.0 Å². The highest BCUT2D eigenvalue weighted by molar-refractivity contribution is 5.97. The predicted molar refractivity (Wildman–Crippen MR) is 79.0 cm³/mol. The molecule has 0 aliphatic carbocycles. The lowest BCUT2D eigenvalue weighted by Crippen LogP contribution is -2.51. The Labute approximate surface area is 119 Å². The Morgan fingerprint density at radius 3 is 2.95 bits per heavy atom. The monoisotopic (exact) mass is 275 g/mol. The molecule has 2 rings (SSSR count). The van der Waals surface area contributed by atoms with E-state index in [0.29, 0.717) is 23.8 Å². The van der Waals surface area contributed by atoms with Gasteiger partial charge in [-0.1, -0.05) is 12.1 Å². The fraction of sp³-hybridized carbons (Fsp3) is 0.467. The number of anilines is 1. The first-order valence-corrected chi connectivity index (χ1v) is 6.92. The second-order valence-corrected chi connectivity index (χ2v) is 5.21. The number of Topliss-reactive ketones (excluding diaryl/α,β-unsaturated/α-hetero) is 1. The summed E-state index contributed by atoms with van der Waals surface area (Å²) in [4.78, 5) is 25.5. The standard InChI is InChI=1S/C15H21N3O2/c1-11-9-16-6-7-18(11)10-15(20)17-14-5-3-4-13(8-14)12(2)19/h3-5,8,11,16H,6-7,9-10H2,1-2H3,(H,17,20). The highest BCUT2D eigenvalue weighted by Crippen LogP contribution is 2.11. The number of ketones is 1. The fourth-order valence-electron chi connectivity index (χ4n) is 2.32. The summed E-state index contributed by atoms with van der Waals surface area (Å²) in [5.41, 5.74) is 1.28. The number of nitrogens with one attached hydrogen (secondary N) is 2. The molecule has 1 aliphatic heterocycles. The van der Waals surface area contributed by atoms with Gasteiger partial charge in [0.05, 0.1) is 6.54 Å². The summed E-state index contributed by atoms with van der Waals surface area (Å²) in [7, 11) is 0. The summed E-state index contributed by atoms with van der Waals surface area (Å²) in [6.45, 7) is 6.71. The molecule has 1 heterocycles. The number of rotatable bonds is 4. The van der Waals surface area contributed by atoms with Gasteiger partial charge in [0.15, 0.2) is 5.78 Å². The van der Waals surface area contributed by atoms with Gasteiger partial charge in [-0.3, -0.25) is 14.5 Å². The van der Waals surface area contributed by atoms with Crippen molar-refractivity contribution in [1.82, 2.24) is 10.2 Å². The van der Waals surface area contributed by atoms with Gasteiger partial charge in [0.1, 0.15) is 0 Å². The minimum atomic E-state index is -0.0422. The maximum atomic E-state index is 12.0. The van der Waals surface area contributed by atoms with E-state index in [1.807, 2.05) is 0 Å². The molecular formula is C15H21N3O2. The third-order valence-electron chi connectivity index (χ3n) is 3.54. The van der Waals surface area contributed by atoms with Gasteiger partial charge < -0.3 is 10.6 Å². The van der Waals surface area contributed by atoms with Crippen LogP contribution in [0.4, 0.5) is 5.69 Å². The summed E-state index contributed by atoms with van der Waals surface area (Å²) >= 11 is 0. The number of amides is 1. The second-order valence-electron chi connectivity index (χ2n) is 5.21. The number of piperazine rings is 1. The smallest absolute Gasteiger partial charge is 0.238 e. The zero-order valence-corrected chi connectivity index (χ0v) is 12.0. The summed E-state index contributed by atoms with van der Waals surface area (Å²) < 4.78 is 0. The van der Waals surface area contributed by atoms with Crippen molar-refractivity contribution in [2.45, 2.75) is 19.9 Å². The number of hydrogen-bond donors (Lipinski definition) is 2. The van der Waals surface area contributed by atoms with Crippen LogP contribution >= 0.6 is 0 Å². The normalized spacial score (nSPS) is 19.6. The molecule has 108 valence electrons. The molecule has 1 aliphatic rings. The third-order valence-corrected chi connectivity index (χ3v) is 3.54. The molecule has 1 fully saturated rings. The summed E-state index contributed by atoms with van der Waals surface area (Å²) in [6, 6.07) is 7.39. The first kappa shape index (κ1) is 14.7. The van der Waals surface area contributed by atoms with E-state index in [-0.39, 0.29) is 11.7 Å². The van der Waals surface area contributed by atoms with Crippen LogP contribution in [0.25, 0.3) is 0 Å². The summed E-state index contributed by atoms with van der Waals surface area (Å²) in [5.74, 6) is -0.0451.